The summed E-state index contributed by atoms with van der Waals surface area (Å²) in [5.41, 5.74) is 15.3. The van der Waals surface area contributed by atoms with E-state index in [1.165, 1.54) is 10.5 Å². The minimum atomic E-state index is -1.00. The Hall–Kier alpha value is -4.79. The number of benzene rings is 2. The molecule has 264 valence electrons. The summed E-state index contributed by atoms with van der Waals surface area (Å²) in [5.74, 6) is -2.37. The number of carbonyl (C=O) groups excluding carboxylic acids is 2. The van der Waals surface area contributed by atoms with Crippen LogP contribution in [0, 0.1) is 5.41 Å². The van der Waals surface area contributed by atoms with Crippen molar-refractivity contribution in [1.82, 2.24) is 30.8 Å². The van der Waals surface area contributed by atoms with Crippen LogP contribution in [0.1, 0.15) is 60.1 Å². The highest BCUT2D eigenvalue weighted by Gasteiger charge is 2.25. The topological polar surface area (TPSA) is 233 Å². The van der Waals surface area contributed by atoms with Gasteiger partial charge in [0.05, 0.1) is 6.61 Å². The number of guanidine groups is 1. The van der Waals surface area contributed by atoms with E-state index >= 15 is 0 Å². The minimum Gasteiger partial charge on any atom is -0.480 e. The van der Waals surface area contributed by atoms with Crippen LogP contribution in [0.3, 0.4) is 0 Å². The monoisotopic (exact) mass is 695 g/mol. The number of aliphatic carboxylic acids is 1. The number of carbonyl (C=O) groups is 3. The number of nitrogens with zero attached hydrogens (tertiary/aromatic N) is 3. The summed E-state index contributed by atoms with van der Waals surface area (Å²) < 4.78 is 0. The first-order chi connectivity index (χ1) is 23.5. The number of unbranched alkanes of at least 4 members (excludes halogenated alkanes) is 2. The van der Waals surface area contributed by atoms with Crippen LogP contribution in [0.5, 0.6) is 0 Å². The lowest BCUT2D eigenvalue weighted by molar-refractivity contribution is -0.149. The van der Waals surface area contributed by atoms with E-state index in [-0.39, 0.29) is 47.4 Å². The number of hydrogen-bond acceptors (Lipinski definition) is 10. The Kier molecular flexibility index (Phi) is 15.7. The van der Waals surface area contributed by atoms with Crippen molar-refractivity contribution in [3.05, 3.63) is 70.5 Å². The van der Waals surface area contributed by atoms with Gasteiger partial charge in [0.2, 0.25) is 5.91 Å². The minimum absolute atomic E-state index is 0.0619. The fraction of sp³-hybridized carbons (Fsp3) is 0.412. The van der Waals surface area contributed by atoms with Crippen LogP contribution in [0.4, 0.5) is 11.6 Å². The van der Waals surface area contributed by atoms with Crippen LogP contribution in [-0.4, -0.2) is 88.2 Å². The molecule has 10 N–H and O–H groups in total. The van der Waals surface area contributed by atoms with Crippen LogP contribution >= 0.6 is 11.6 Å². The van der Waals surface area contributed by atoms with Gasteiger partial charge >= 0.3 is 5.97 Å². The fourth-order valence-electron chi connectivity index (χ4n) is 5.10. The van der Waals surface area contributed by atoms with Gasteiger partial charge in [-0.2, -0.15) is 0 Å². The zero-order valence-electron chi connectivity index (χ0n) is 27.7. The molecule has 14 nitrogen and oxygen atoms in total. The number of nitrogen functional groups attached to an aromatic ring is 2. The van der Waals surface area contributed by atoms with Gasteiger partial charge in [-0.15, -0.1) is 0 Å². The number of likely N-dealkylation sites (N-methyl/N-ethyl adjacent to an activating group) is 1. The normalized spacial score (nSPS) is 11.5. The number of amides is 2. The molecule has 0 radical (unpaired) electrons. The number of nitrogens with one attached hydrogen (secondary N) is 4. The highest BCUT2D eigenvalue weighted by atomic mass is 35.5. The second-order valence-corrected chi connectivity index (χ2v) is 11.9. The van der Waals surface area contributed by atoms with E-state index in [0.29, 0.717) is 38.9 Å². The number of carboxylic acids is 1. The smallest absolute Gasteiger partial charge is 0.326 e. The van der Waals surface area contributed by atoms with Gasteiger partial charge in [0.1, 0.15) is 6.04 Å². The number of aromatic nitrogens is 2. The van der Waals surface area contributed by atoms with Crippen molar-refractivity contribution in [2.45, 2.75) is 57.4 Å². The number of aliphatic hydroxyl groups is 1. The summed E-state index contributed by atoms with van der Waals surface area (Å²) in [5, 5.41) is 34.5. The third-order valence-corrected chi connectivity index (χ3v) is 8.22. The van der Waals surface area contributed by atoms with E-state index < -0.39 is 17.9 Å². The van der Waals surface area contributed by atoms with Crippen LogP contribution in [0.15, 0.2) is 48.5 Å². The number of nitrogens with two attached hydrogens (primary N) is 2. The maximum atomic E-state index is 12.8. The standard InChI is InChI=1S/C34H46ClN9O5/c1-44(26(33(48)49)7-3-4-18-39-20-21-45)27(46)17-12-23-10-15-25(16-11-23)24-13-8-22(9-14-24)6-2-5-19-40-34(38)43-32(47)28-30(36)42-31(37)29(35)41-28/h8-11,13-16,26,39,45H,2-7,12,17-21H2,1H3,(H,48,49)(H4,36,37,42)(H3,38,40,43,47)/t26-/m0/s1. The molecule has 0 saturated heterocycles. The van der Waals surface area contributed by atoms with Crippen LogP contribution in [-0.2, 0) is 22.4 Å². The first kappa shape index (κ1) is 38.7. The maximum Gasteiger partial charge on any atom is 0.326 e. The Morgan fingerprint density at radius 3 is 2.10 bits per heavy atom. The number of halogens is 1. The maximum absolute atomic E-state index is 12.8. The zero-order chi connectivity index (χ0) is 35.8. The quantitative estimate of drug-likeness (QED) is 0.0516. The van der Waals surface area contributed by atoms with E-state index in [1.807, 2.05) is 24.3 Å². The largest absolute Gasteiger partial charge is 0.480 e. The Labute approximate surface area is 291 Å². The Balaban J connectivity index is 1.37. The Morgan fingerprint density at radius 1 is 0.878 bits per heavy atom. The van der Waals surface area contributed by atoms with Crippen molar-refractivity contribution < 1.29 is 24.6 Å². The van der Waals surface area contributed by atoms with Gasteiger partial charge in [0.25, 0.3) is 5.91 Å². The van der Waals surface area contributed by atoms with Gasteiger partial charge in [0, 0.05) is 26.6 Å². The highest BCUT2D eigenvalue weighted by Crippen LogP contribution is 2.22. The molecule has 0 bridgehead atoms. The summed E-state index contributed by atoms with van der Waals surface area (Å²) >= 11 is 5.81. The van der Waals surface area contributed by atoms with Crippen molar-refractivity contribution in [3.8, 4) is 11.1 Å². The Morgan fingerprint density at radius 2 is 1.49 bits per heavy atom. The summed E-state index contributed by atoms with van der Waals surface area (Å²) in [7, 11) is 1.55. The van der Waals surface area contributed by atoms with E-state index in [4.69, 9.17) is 33.6 Å². The number of rotatable bonds is 19. The van der Waals surface area contributed by atoms with Crippen molar-refractivity contribution in [3.63, 3.8) is 0 Å². The summed E-state index contributed by atoms with van der Waals surface area (Å²) in [4.78, 5) is 45.8. The summed E-state index contributed by atoms with van der Waals surface area (Å²) in [6.45, 7) is 1.75. The molecule has 0 aliphatic rings. The zero-order valence-corrected chi connectivity index (χ0v) is 28.4. The number of carboxylic acid groups (broad SMARTS) is 1. The van der Waals surface area contributed by atoms with Crippen LogP contribution < -0.4 is 27.4 Å². The van der Waals surface area contributed by atoms with Crippen LogP contribution in [0.25, 0.3) is 11.1 Å². The first-order valence-corrected chi connectivity index (χ1v) is 16.6. The second kappa shape index (κ2) is 19.9. The van der Waals surface area contributed by atoms with Crippen molar-refractivity contribution >= 4 is 47.0 Å². The van der Waals surface area contributed by atoms with E-state index in [0.717, 1.165) is 42.4 Å². The average molecular weight is 696 g/mol. The lowest BCUT2D eigenvalue weighted by Crippen LogP contribution is -2.42. The third kappa shape index (κ3) is 12.6. The molecule has 2 aromatic carbocycles. The summed E-state index contributed by atoms with van der Waals surface area (Å²) in [6, 6.07) is 15.5. The molecule has 0 aliphatic heterocycles. The molecule has 1 aromatic heterocycles. The van der Waals surface area contributed by atoms with Gasteiger partial charge in [-0.3, -0.25) is 20.3 Å². The molecule has 1 atom stereocenters. The fourth-order valence-corrected chi connectivity index (χ4v) is 5.22. The molecule has 49 heavy (non-hydrogen) atoms. The lowest BCUT2D eigenvalue weighted by atomic mass is 9.99. The number of aliphatic hydroxyl groups excluding tert-OH is 1. The van der Waals surface area contributed by atoms with Gasteiger partial charge in [-0.25, -0.2) is 14.8 Å². The predicted octanol–water partition coefficient (Wildman–Crippen LogP) is 2.83. The number of aryl methyl sites for hydroxylation is 2. The third-order valence-electron chi connectivity index (χ3n) is 7.94. The summed E-state index contributed by atoms with van der Waals surface area (Å²) in [6.07, 6.45) is 5.05. The lowest BCUT2D eigenvalue weighted by Gasteiger charge is -2.25. The molecular formula is C34H46ClN9O5. The van der Waals surface area contributed by atoms with E-state index in [2.05, 4.69) is 50.2 Å². The van der Waals surface area contributed by atoms with Crippen molar-refractivity contribution in [1.29, 1.82) is 5.41 Å². The van der Waals surface area contributed by atoms with E-state index in [9.17, 15) is 19.5 Å². The average Bonchev–Trinajstić information content (AvgIpc) is 3.08. The molecule has 0 saturated carbocycles. The molecule has 0 spiro atoms. The molecule has 0 aliphatic carbocycles. The Bertz CT molecular complexity index is 1550. The van der Waals surface area contributed by atoms with Gasteiger partial charge in [0.15, 0.2) is 28.4 Å². The number of hydrogen-bond donors (Lipinski definition) is 8. The second-order valence-electron chi connectivity index (χ2n) is 11.6. The predicted molar refractivity (Wildman–Crippen MR) is 190 cm³/mol. The SMILES string of the molecule is CN(C(=O)CCc1ccc(-c2ccc(CCCCNC(=N)NC(=O)c3nc(Cl)c(N)nc3N)cc2)cc1)[C@@H](CCCCNCCO)C(=O)O. The molecule has 15 heteroatoms. The first-order valence-electron chi connectivity index (χ1n) is 16.2. The molecule has 3 aromatic rings. The number of anilines is 2. The van der Waals surface area contributed by atoms with Crippen molar-refractivity contribution in [2.24, 2.45) is 0 Å². The highest BCUT2D eigenvalue weighted by molar-refractivity contribution is 6.31. The molecule has 0 unspecified atom stereocenters. The molecular weight excluding hydrogens is 650 g/mol. The van der Waals surface area contributed by atoms with Crippen LogP contribution in [0.2, 0.25) is 5.15 Å². The molecule has 3 rings (SSSR count). The molecule has 1 heterocycles. The van der Waals surface area contributed by atoms with E-state index in [1.54, 1.807) is 7.05 Å². The van der Waals surface area contributed by atoms with Gasteiger partial charge in [-0.1, -0.05) is 60.1 Å². The van der Waals surface area contributed by atoms with Crippen molar-refractivity contribution in [2.75, 3.05) is 44.8 Å². The van der Waals surface area contributed by atoms with Gasteiger partial charge < -0.3 is 37.2 Å². The molecule has 2 amide bonds. The molecule has 0 fully saturated rings. The van der Waals surface area contributed by atoms with Gasteiger partial charge in [-0.05, 0) is 73.7 Å².